The van der Waals surface area contributed by atoms with E-state index < -0.39 is 120 Å². The number of carbonyl (C=O) groups excluding carboxylic acids is 9. The summed E-state index contributed by atoms with van der Waals surface area (Å²) in [4.78, 5) is 126. The van der Waals surface area contributed by atoms with Crippen LogP contribution >= 0.6 is 0 Å². The van der Waals surface area contributed by atoms with Gasteiger partial charge in [0.05, 0.1) is 24.7 Å². The Hall–Kier alpha value is -7.64. The van der Waals surface area contributed by atoms with Gasteiger partial charge in [-0.05, 0) is 62.1 Å². The number of benzene rings is 2. The van der Waals surface area contributed by atoms with Crippen molar-refractivity contribution < 1.29 is 53.4 Å². The van der Waals surface area contributed by atoms with Crippen LogP contribution in [-0.4, -0.2) is 166 Å². The second-order valence-electron chi connectivity index (χ2n) is 19.4. The number of rotatable bonds is 27. The van der Waals surface area contributed by atoms with Crippen molar-refractivity contribution in [3.63, 3.8) is 0 Å². The summed E-state index contributed by atoms with van der Waals surface area (Å²) in [7, 11) is 1.56. The SMILES string of the molecule is CNC(=N)NCCC[C@H](NC(=O)[C@H](CC(C)C)NC(=O)[C@@H]1CCN1C(=O)[C@H](Cc1ccccc1)NC(=O)[C@@H](NC(=O)[C@H](CC(N)=O)NC(=O)[C@@H]1C[C@@H](O)CN1)[C@@H](C)O)C(=O)N[C@@H](Cc1c[nH]c2ccccc12)C(N)=O. The number of nitrogens with zero attached hydrogens (tertiary/aromatic N) is 1. The number of aliphatic hydroxyl groups is 2. The van der Waals surface area contributed by atoms with Crippen LogP contribution in [0, 0.1) is 11.3 Å². The largest absolute Gasteiger partial charge is 0.392 e. The van der Waals surface area contributed by atoms with Gasteiger partial charge in [-0.1, -0.05) is 62.4 Å². The van der Waals surface area contributed by atoms with E-state index in [1.54, 1.807) is 43.6 Å². The maximum absolute atomic E-state index is 14.5. The molecule has 0 unspecified atom stereocenters. The van der Waals surface area contributed by atoms with E-state index in [0.717, 1.165) is 16.5 Å². The Morgan fingerprint density at radius 3 is 2.03 bits per heavy atom. The molecule has 5 rings (SSSR count). The van der Waals surface area contributed by atoms with Gasteiger partial charge in [-0.3, -0.25) is 48.6 Å². The van der Waals surface area contributed by atoms with E-state index in [2.05, 4.69) is 52.8 Å². The summed E-state index contributed by atoms with van der Waals surface area (Å²) in [6.07, 6.45) is -0.704. The predicted molar refractivity (Wildman–Crippen MR) is 274 cm³/mol. The summed E-state index contributed by atoms with van der Waals surface area (Å²) in [6.45, 7) is 5.31. The second-order valence-corrected chi connectivity index (χ2v) is 19.4. The Kier molecular flexibility index (Phi) is 21.4. The highest BCUT2D eigenvalue weighted by Crippen LogP contribution is 2.22. The number of aliphatic hydroxyl groups excluding tert-OH is 2. The first-order chi connectivity index (χ1) is 35.6. The van der Waals surface area contributed by atoms with Gasteiger partial charge in [0.1, 0.15) is 42.3 Å². The van der Waals surface area contributed by atoms with E-state index in [1.807, 2.05) is 38.1 Å². The fraction of sp³-hybridized carbons (Fsp3) is 0.520. The molecule has 25 nitrogen and oxygen atoms in total. The Morgan fingerprint density at radius 1 is 0.773 bits per heavy atom. The van der Waals surface area contributed by atoms with Crippen LogP contribution in [0.25, 0.3) is 10.9 Å². The number of likely N-dealkylation sites (tertiary alicyclic amines) is 1. The van der Waals surface area contributed by atoms with Gasteiger partial charge in [0.25, 0.3) is 0 Å². The number of amides is 9. The molecular formula is C50H72N14O11. The number of hydrogen-bond donors (Lipinski definition) is 15. The third kappa shape index (κ3) is 16.9. The van der Waals surface area contributed by atoms with E-state index in [0.29, 0.717) is 5.56 Å². The maximum atomic E-state index is 14.5. The number of nitrogens with one attached hydrogen (secondary N) is 11. The third-order valence-corrected chi connectivity index (χ3v) is 13.0. The molecule has 75 heavy (non-hydrogen) atoms. The van der Waals surface area contributed by atoms with Gasteiger partial charge in [-0.15, -0.1) is 0 Å². The van der Waals surface area contributed by atoms with E-state index in [1.165, 1.54) is 11.8 Å². The highest BCUT2D eigenvalue weighted by Gasteiger charge is 2.43. The van der Waals surface area contributed by atoms with Gasteiger partial charge >= 0.3 is 0 Å². The van der Waals surface area contributed by atoms with Gasteiger partial charge in [0, 0.05) is 56.6 Å². The zero-order valence-corrected chi connectivity index (χ0v) is 42.6. The first-order valence-electron chi connectivity index (χ1n) is 25.0. The monoisotopic (exact) mass is 1040 g/mol. The van der Waals surface area contributed by atoms with E-state index in [9.17, 15) is 53.4 Å². The minimum atomic E-state index is -1.72. The van der Waals surface area contributed by atoms with E-state index >= 15 is 0 Å². The van der Waals surface area contributed by atoms with Crippen molar-refractivity contribution in [3.05, 3.63) is 71.9 Å². The minimum Gasteiger partial charge on any atom is -0.392 e. The smallest absolute Gasteiger partial charge is 0.246 e. The molecule has 2 fully saturated rings. The first-order valence-corrected chi connectivity index (χ1v) is 25.0. The number of fused-ring (bicyclic) bond motifs is 1. The molecule has 1 aromatic heterocycles. The van der Waals surface area contributed by atoms with Crippen molar-refractivity contribution in [1.29, 1.82) is 5.41 Å². The molecule has 408 valence electrons. The molecule has 2 aliphatic heterocycles. The molecule has 3 heterocycles. The average molecular weight is 1050 g/mol. The number of para-hydroxylation sites is 1. The fourth-order valence-electron chi connectivity index (χ4n) is 8.83. The van der Waals surface area contributed by atoms with Crippen LogP contribution in [0.2, 0.25) is 0 Å². The predicted octanol–water partition coefficient (Wildman–Crippen LogP) is -3.50. The highest BCUT2D eigenvalue weighted by molar-refractivity contribution is 5.99. The summed E-state index contributed by atoms with van der Waals surface area (Å²) in [5, 5.41) is 53.2. The molecule has 0 spiro atoms. The molecule has 2 saturated heterocycles. The molecule has 0 radical (unpaired) electrons. The first kappa shape index (κ1) is 58.3. The molecule has 2 aliphatic rings. The number of aromatic amines is 1. The average Bonchev–Trinajstić information content (AvgIpc) is 3.98. The zero-order chi connectivity index (χ0) is 54.9. The van der Waals surface area contributed by atoms with Crippen molar-refractivity contribution in [1.82, 2.24) is 57.7 Å². The van der Waals surface area contributed by atoms with Crippen molar-refractivity contribution in [2.45, 2.75) is 133 Å². The van der Waals surface area contributed by atoms with Crippen LogP contribution in [0.5, 0.6) is 0 Å². The van der Waals surface area contributed by atoms with Gasteiger partial charge in [0.15, 0.2) is 5.96 Å². The van der Waals surface area contributed by atoms with E-state index in [4.69, 9.17) is 16.9 Å². The zero-order valence-electron chi connectivity index (χ0n) is 42.6. The second kappa shape index (κ2) is 27.6. The van der Waals surface area contributed by atoms with Crippen LogP contribution in [0.4, 0.5) is 0 Å². The van der Waals surface area contributed by atoms with Crippen molar-refractivity contribution >= 4 is 70.0 Å². The molecule has 0 aliphatic carbocycles. The fourth-order valence-corrected chi connectivity index (χ4v) is 8.83. The standard InChI is InChI=1S/C50H72N14O11/c1-26(2)19-36(45(71)58-33(15-10-17-55-50(53)54-4)43(69)59-34(42(52)68)21-29-24-56-32-14-9-8-13-31(29)32)61-47(73)39-16-18-64(39)49(75)38(20-28-11-6-5-7-12-28)62-48(74)41(27(3)65)63-46(72)37(23-40(51)67)60-44(70)35-22-30(66)25-57-35/h5-9,11-14,24,26-27,30,33-39,41,56-57,65-66H,10,15-23,25H2,1-4H3,(H2,51,67)(H2,52,68)(H,58,71)(H,59,69)(H,60,70)(H,61,73)(H,62,74)(H,63,72)(H3,53,54,55)/t27-,30-,33+,34+,35+,36+,37+,38+,39+,41+/m1/s1. The molecule has 2 aromatic carbocycles. The third-order valence-electron chi connectivity index (χ3n) is 13.0. The lowest BCUT2D eigenvalue weighted by molar-refractivity contribution is -0.151. The van der Waals surface area contributed by atoms with Crippen molar-refractivity contribution in [3.8, 4) is 0 Å². The molecule has 9 amide bonds. The summed E-state index contributed by atoms with van der Waals surface area (Å²) in [5.41, 5.74) is 13.3. The Balaban J connectivity index is 1.30. The number of hydrogen-bond acceptors (Lipinski definition) is 13. The number of H-pyrrole nitrogens is 1. The Morgan fingerprint density at radius 2 is 1.41 bits per heavy atom. The molecule has 17 N–H and O–H groups in total. The topological polar surface area (TPSA) is 397 Å². The summed E-state index contributed by atoms with van der Waals surface area (Å²) < 4.78 is 0. The lowest BCUT2D eigenvalue weighted by atomic mass is 9.96. The van der Waals surface area contributed by atoms with Crippen molar-refractivity contribution in [2.75, 3.05) is 26.7 Å². The number of aromatic nitrogens is 1. The normalized spacial score (nSPS) is 18.9. The number of β-amino-alcohol motifs (C(OH)–C–C–N with tert-alkyl or cyclic N) is 1. The number of nitrogens with two attached hydrogens (primary N) is 2. The summed E-state index contributed by atoms with van der Waals surface area (Å²) >= 11 is 0. The molecule has 0 saturated carbocycles. The number of primary amides is 2. The van der Waals surface area contributed by atoms with Gasteiger partial charge in [-0.25, -0.2) is 0 Å². The summed E-state index contributed by atoms with van der Waals surface area (Å²) in [6, 6.07) is 5.76. The highest BCUT2D eigenvalue weighted by atomic mass is 16.3. The van der Waals surface area contributed by atoms with Crippen LogP contribution in [0.3, 0.4) is 0 Å². The molecule has 25 heteroatoms. The quantitative estimate of drug-likeness (QED) is 0.0200. The van der Waals surface area contributed by atoms with Gasteiger partial charge in [-0.2, -0.15) is 0 Å². The van der Waals surface area contributed by atoms with Gasteiger partial charge < -0.3 is 79.4 Å². The minimum absolute atomic E-state index is 0.0353. The maximum Gasteiger partial charge on any atom is 0.246 e. The van der Waals surface area contributed by atoms with Crippen LogP contribution < -0.4 is 59.3 Å². The molecular weight excluding hydrogens is 973 g/mol. The molecule has 0 bridgehead atoms. The van der Waals surface area contributed by atoms with Crippen LogP contribution in [0.15, 0.2) is 60.8 Å². The van der Waals surface area contributed by atoms with Crippen LogP contribution in [-0.2, 0) is 56.0 Å². The van der Waals surface area contributed by atoms with Crippen LogP contribution in [0.1, 0.15) is 70.4 Å². The Labute approximate surface area is 434 Å². The number of carbonyl (C=O) groups is 9. The number of guanidine groups is 1. The molecule has 10 atom stereocenters. The summed E-state index contributed by atoms with van der Waals surface area (Å²) in [5.74, 6) is -7.47. The lowest BCUT2D eigenvalue weighted by Gasteiger charge is -2.42. The Bertz CT molecular complexity index is 2520. The van der Waals surface area contributed by atoms with Crippen molar-refractivity contribution in [2.24, 2.45) is 17.4 Å². The van der Waals surface area contributed by atoms with E-state index in [-0.39, 0.29) is 76.5 Å². The van der Waals surface area contributed by atoms with Gasteiger partial charge in [0.2, 0.25) is 53.2 Å². The lowest BCUT2D eigenvalue weighted by Crippen LogP contribution is -2.66. The molecule has 3 aromatic rings.